The van der Waals surface area contributed by atoms with Gasteiger partial charge in [-0.2, -0.15) is 11.3 Å². The van der Waals surface area contributed by atoms with Crippen LogP contribution >= 0.6 is 11.3 Å². The molecule has 1 unspecified atom stereocenters. The lowest BCUT2D eigenvalue weighted by Gasteiger charge is -2.37. The van der Waals surface area contributed by atoms with Crippen LogP contribution in [0.15, 0.2) is 35.0 Å². The lowest BCUT2D eigenvalue weighted by atomic mass is 10.1. The summed E-state index contributed by atoms with van der Waals surface area (Å²) in [5, 5.41) is 9.29. The fraction of sp³-hybridized carbons (Fsp3) is 0.350. The zero-order valence-corrected chi connectivity index (χ0v) is 17.2. The SMILES string of the molecule is CC(c1ccsc1)N1CCN(C(=O)Nc2ccc(F)c(N3C(=O)CNC3=O)c2)CC1. The standard InChI is InChI=1S/C20H22FN5O3S/c1-13(14-4-9-30-12-14)24-5-7-25(8-6-24)20(29)23-15-2-3-16(21)17(10-15)26-18(27)11-22-19(26)28/h2-4,9-10,12-13H,5-8,11H2,1H3,(H,22,28)(H,23,29). The highest BCUT2D eigenvalue weighted by molar-refractivity contribution is 7.07. The van der Waals surface area contributed by atoms with Crippen molar-refractivity contribution in [2.75, 3.05) is 42.9 Å². The molecule has 30 heavy (non-hydrogen) atoms. The summed E-state index contributed by atoms with van der Waals surface area (Å²) in [6.45, 7) is 4.63. The topological polar surface area (TPSA) is 85.0 Å². The molecule has 10 heteroatoms. The van der Waals surface area contributed by atoms with Crippen molar-refractivity contribution in [2.24, 2.45) is 0 Å². The van der Waals surface area contributed by atoms with Crippen LogP contribution < -0.4 is 15.5 Å². The molecule has 3 heterocycles. The second-order valence-electron chi connectivity index (χ2n) is 7.24. The Kier molecular flexibility index (Phi) is 5.69. The van der Waals surface area contributed by atoms with Gasteiger partial charge in [-0.15, -0.1) is 0 Å². The van der Waals surface area contributed by atoms with E-state index < -0.39 is 17.8 Å². The van der Waals surface area contributed by atoms with E-state index in [4.69, 9.17) is 0 Å². The van der Waals surface area contributed by atoms with Gasteiger partial charge in [0.1, 0.15) is 5.82 Å². The van der Waals surface area contributed by atoms with Gasteiger partial charge in [-0.3, -0.25) is 9.69 Å². The van der Waals surface area contributed by atoms with Crippen LogP contribution in [0, 0.1) is 5.82 Å². The Hall–Kier alpha value is -2.98. The minimum absolute atomic E-state index is 0.178. The van der Waals surface area contributed by atoms with Crippen molar-refractivity contribution >= 4 is 40.7 Å². The Labute approximate surface area is 177 Å². The first-order chi connectivity index (χ1) is 14.4. The maximum atomic E-state index is 14.2. The van der Waals surface area contributed by atoms with Gasteiger partial charge in [-0.25, -0.2) is 18.9 Å². The van der Waals surface area contributed by atoms with Crippen LogP contribution in [0.3, 0.4) is 0 Å². The average molecular weight is 431 g/mol. The summed E-state index contributed by atoms with van der Waals surface area (Å²) in [4.78, 5) is 41.1. The molecule has 158 valence electrons. The third-order valence-electron chi connectivity index (χ3n) is 5.46. The number of imide groups is 1. The molecule has 0 bridgehead atoms. The highest BCUT2D eigenvalue weighted by Gasteiger charge is 2.32. The monoisotopic (exact) mass is 431 g/mol. The second kappa shape index (κ2) is 8.41. The van der Waals surface area contributed by atoms with E-state index in [0.717, 1.165) is 24.1 Å². The normalized spacial score (nSPS) is 18.5. The van der Waals surface area contributed by atoms with E-state index in [0.29, 0.717) is 24.8 Å². The van der Waals surface area contributed by atoms with Gasteiger partial charge in [-0.1, -0.05) is 0 Å². The van der Waals surface area contributed by atoms with Crippen molar-refractivity contribution in [1.82, 2.24) is 15.1 Å². The second-order valence-corrected chi connectivity index (χ2v) is 8.02. The van der Waals surface area contributed by atoms with Crippen molar-refractivity contribution in [1.29, 1.82) is 0 Å². The Morgan fingerprint density at radius 3 is 2.60 bits per heavy atom. The van der Waals surface area contributed by atoms with E-state index in [2.05, 4.69) is 39.3 Å². The Morgan fingerprint density at radius 2 is 1.97 bits per heavy atom. The lowest BCUT2D eigenvalue weighted by molar-refractivity contribution is -0.115. The van der Waals surface area contributed by atoms with Gasteiger partial charge < -0.3 is 15.5 Å². The summed E-state index contributed by atoms with van der Waals surface area (Å²) in [5.41, 5.74) is 1.41. The van der Waals surface area contributed by atoms with Gasteiger partial charge in [0, 0.05) is 37.9 Å². The largest absolute Gasteiger partial charge is 0.329 e. The van der Waals surface area contributed by atoms with Gasteiger partial charge in [0.2, 0.25) is 0 Å². The van der Waals surface area contributed by atoms with E-state index in [-0.39, 0.29) is 18.3 Å². The number of rotatable bonds is 4. The maximum Gasteiger partial charge on any atom is 0.329 e. The molecule has 8 nitrogen and oxygen atoms in total. The number of anilines is 2. The number of carbonyl (C=O) groups excluding carboxylic acids is 3. The van der Waals surface area contributed by atoms with E-state index in [9.17, 15) is 18.8 Å². The molecule has 0 radical (unpaired) electrons. The molecule has 0 aliphatic carbocycles. The molecule has 2 aromatic rings. The molecule has 2 fully saturated rings. The third kappa shape index (κ3) is 4.01. The molecule has 2 aliphatic rings. The number of amides is 5. The first-order valence-electron chi connectivity index (χ1n) is 9.66. The molecule has 2 aliphatic heterocycles. The fourth-order valence-electron chi connectivity index (χ4n) is 3.67. The molecule has 2 saturated heterocycles. The Balaban J connectivity index is 1.38. The molecule has 1 aromatic carbocycles. The average Bonchev–Trinajstić information content (AvgIpc) is 3.39. The van der Waals surface area contributed by atoms with E-state index >= 15 is 0 Å². The first-order valence-corrected chi connectivity index (χ1v) is 10.6. The summed E-state index contributed by atoms with van der Waals surface area (Å²) in [5.74, 6) is -1.26. The Morgan fingerprint density at radius 1 is 1.20 bits per heavy atom. The predicted octanol–water partition coefficient (Wildman–Crippen LogP) is 2.85. The van der Waals surface area contributed by atoms with Crippen LogP contribution in [0.1, 0.15) is 18.5 Å². The van der Waals surface area contributed by atoms with E-state index in [1.54, 1.807) is 16.2 Å². The molecule has 2 N–H and O–H groups in total. The molecule has 4 rings (SSSR count). The van der Waals surface area contributed by atoms with Crippen molar-refractivity contribution in [2.45, 2.75) is 13.0 Å². The number of nitrogens with zero attached hydrogens (tertiary/aromatic N) is 3. The molecule has 1 aromatic heterocycles. The van der Waals surface area contributed by atoms with Gasteiger partial charge >= 0.3 is 12.1 Å². The van der Waals surface area contributed by atoms with Crippen molar-refractivity contribution < 1.29 is 18.8 Å². The zero-order chi connectivity index (χ0) is 21.3. The predicted molar refractivity (Wildman–Crippen MR) is 112 cm³/mol. The Bertz CT molecular complexity index is 943. The van der Waals surface area contributed by atoms with Gasteiger partial charge in [-0.05, 0) is 47.5 Å². The molecular weight excluding hydrogens is 409 g/mol. The molecular formula is C20H22FN5O3S. The smallest absolute Gasteiger partial charge is 0.328 e. The number of urea groups is 2. The highest BCUT2D eigenvalue weighted by Crippen LogP contribution is 2.26. The maximum absolute atomic E-state index is 14.2. The number of carbonyl (C=O) groups is 3. The number of hydrogen-bond donors (Lipinski definition) is 2. The molecule has 1 atom stereocenters. The minimum atomic E-state index is -0.713. The van der Waals surface area contributed by atoms with Gasteiger partial charge in [0.05, 0.1) is 12.2 Å². The van der Waals surface area contributed by atoms with Crippen molar-refractivity contribution in [3.05, 3.63) is 46.4 Å². The number of thiophene rings is 1. The highest BCUT2D eigenvalue weighted by atomic mass is 32.1. The summed E-state index contributed by atoms with van der Waals surface area (Å²) < 4.78 is 14.2. The van der Waals surface area contributed by atoms with Gasteiger partial charge in [0.25, 0.3) is 5.91 Å². The molecule has 5 amide bonds. The van der Waals surface area contributed by atoms with Crippen molar-refractivity contribution in [3.8, 4) is 0 Å². The van der Waals surface area contributed by atoms with Crippen LogP contribution in [0.2, 0.25) is 0 Å². The third-order valence-corrected chi connectivity index (χ3v) is 6.16. The molecule has 0 spiro atoms. The van der Waals surface area contributed by atoms with Crippen LogP contribution in [-0.4, -0.2) is 60.5 Å². The van der Waals surface area contributed by atoms with Crippen LogP contribution in [0.4, 0.5) is 25.4 Å². The number of hydrogen-bond acceptors (Lipinski definition) is 5. The van der Waals surface area contributed by atoms with Crippen LogP contribution in [-0.2, 0) is 4.79 Å². The number of piperazine rings is 1. The number of benzene rings is 1. The summed E-state index contributed by atoms with van der Waals surface area (Å²) >= 11 is 1.67. The first kappa shape index (κ1) is 20.3. The number of halogens is 1. The summed E-state index contributed by atoms with van der Waals surface area (Å²) in [7, 11) is 0. The quantitative estimate of drug-likeness (QED) is 0.729. The van der Waals surface area contributed by atoms with Crippen molar-refractivity contribution in [3.63, 3.8) is 0 Å². The summed E-state index contributed by atoms with van der Waals surface area (Å²) in [6, 6.07) is 5.27. The van der Waals surface area contributed by atoms with Crippen LogP contribution in [0.5, 0.6) is 0 Å². The molecule has 0 saturated carbocycles. The van der Waals surface area contributed by atoms with E-state index in [1.807, 2.05) is 0 Å². The van der Waals surface area contributed by atoms with E-state index in [1.165, 1.54) is 17.7 Å². The minimum Gasteiger partial charge on any atom is -0.328 e. The zero-order valence-electron chi connectivity index (χ0n) is 16.4. The number of nitrogens with one attached hydrogen (secondary N) is 2. The van der Waals surface area contributed by atoms with Crippen LogP contribution in [0.25, 0.3) is 0 Å². The fourth-order valence-corrected chi connectivity index (χ4v) is 4.41. The van der Waals surface area contributed by atoms with Gasteiger partial charge in [0.15, 0.2) is 0 Å². The lowest BCUT2D eigenvalue weighted by Crippen LogP contribution is -2.50. The summed E-state index contributed by atoms with van der Waals surface area (Å²) in [6.07, 6.45) is 0.